The maximum absolute atomic E-state index is 13.8. The zero-order chi connectivity index (χ0) is 40.2. The summed E-state index contributed by atoms with van der Waals surface area (Å²) in [4.78, 5) is 104. The van der Waals surface area contributed by atoms with Crippen LogP contribution < -0.4 is 43.8 Å². The van der Waals surface area contributed by atoms with Crippen LogP contribution in [0.4, 0.5) is 0 Å². The summed E-state index contributed by atoms with van der Waals surface area (Å²) in [5.74, 6) is -9.61. The number of aliphatic imine (C=N–C) groups is 1. The lowest BCUT2D eigenvalue weighted by atomic mass is 10.0. The van der Waals surface area contributed by atoms with E-state index in [4.69, 9.17) is 22.3 Å². The predicted molar refractivity (Wildman–Crippen MR) is 183 cm³/mol. The van der Waals surface area contributed by atoms with Gasteiger partial charge in [-0.05, 0) is 50.3 Å². The normalized spacial score (nSPS) is 14.1. The third-order valence-corrected chi connectivity index (χ3v) is 7.36. The third kappa shape index (κ3) is 17.6. The fourth-order valence-corrected chi connectivity index (χ4v) is 4.50. The van der Waals surface area contributed by atoms with Crippen molar-refractivity contribution >= 4 is 53.4 Å². The molecule has 53 heavy (non-hydrogen) atoms. The monoisotopic (exact) mass is 753 g/mol. The summed E-state index contributed by atoms with van der Waals surface area (Å²) in [6.07, 6.45) is -2.55. The molecule has 22 heteroatoms. The number of hydrogen-bond acceptors (Lipinski definition) is 12. The van der Waals surface area contributed by atoms with E-state index in [1.54, 1.807) is 0 Å². The summed E-state index contributed by atoms with van der Waals surface area (Å²) < 4.78 is 0. The van der Waals surface area contributed by atoms with Crippen molar-refractivity contribution in [3.8, 4) is 5.75 Å². The highest BCUT2D eigenvalue weighted by Gasteiger charge is 2.33. The number of carboxylic acids is 3. The molecule has 0 aliphatic heterocycles. The largest absolute Gasteiger partial charge is 0.508 e. The van der Waals surface area contributed by atoms with Gasteiger partial charge in [0.1, 0.15) is 36.0 Å². The molecule has 0 unspecified atom stereocenters. The Bertz CT molecular complexity index is 1480. The van der Waals surface area contributed by atoms with Crippen LogP contribution in [0, 0.1) is 0 Å². The molecular weight excluding hydrogens is 706 g/mol. The number of aromatic hydroxyl groups is 1. The molecular formula is C31H47N9O13. The Morgan fingerprint density at radius 1 is 0.660 bits per heavy atom. The highest BCUT2D eigenvalue weighted by atomic mass is 16.4. The zero-order valence-electron chi connectivity index (χ0n) is 28.8. The quantitative estimate of drug-likeness (QED) is 0.0269. The predicted octanol–water partition coefficient (Wildman–Crippen LogP) is -4.43. The highest BCUT2D eigenvalue weighted by molar-refractivity contribution is 5.96. The van der Waals surface area contributed by atoms with Crippen molar-refractivity contribution in [3.05, 3.63) is 29.8 Å². The number of carbonyl (C=O) groups is 8. The number of aliphatic hydroxyl groups excluding tert-OH is 1. The van der Waals surface area contributed by atoms with Crippen molar-refractivity contribution in [2.45, 2.75) is 88.1 Å². The van der Waals surface area contributed by atoms with Crippen molar-refractivity contribution < 1.29 is 63.9 Å². The number of aliphatic carboxylic acids is 3. The van der Waals surface area contributed by atoms with Crippen molar-refractivity contribution in [1.29, 1.82) is 0 Å². The van der Waals surface area contributed by atoms with Crippen molar-refractivity contribution in [1.82, 2.24) is 26.6 Å². The molecule has 6 atom stereocenters. The first-order valence-electron chi connectivity index (χ1n) is 16.2. The summed E-state index contributed by atoms with van der Waals surface area (Å²) in [5, 5.41) is 58.3. The lowest BCUT2D eigenvalue weighted by molar-refractivity contribution is -0.143. The Morgan fingerprint density at radius 2 is 1.08 bits per heavy atom. The minimum atomic E-state index is -1.73. The number of phenolic OH excluding ortho intramolecular Hbond substituents is 1. The smallest absolute Gasteiger partial charge is 0.328 e. The van der Waals surface area contributed by atoms with E-state index in [0.29, 0.717) is 5.56 Å². The van der Waals surface area contributed by atoms with E-state index >= 15 is 0 Å². The van der Waals surface area contributed by atoms with Gasteiger partial charge in [0.15, 0.2) is 5.96 Å². The molecule has 0 fully saturated rings. The van der Waals surface area contributed by atoms with E-state index in [0.717, 1.165) is 0 Å². The van der Waals surface area contributed by atoms with Crippen LogP contribution in [0.5, 0.6) is 5.75 Å². The standard InChI is InChI=1S/C31H47N9O13/c1-15(32)25(47)36-19(8-10-23(43)44)27(49)38-20(9-11-24(45)46)28(50)39-21(13-16-4-6-17(42)7-5-16)29(51)37-18(3-2-12-35-31(33)34)26(48)40-22(14-41)30(52)53/h4-7,15,18-22,41-42H,2-3,8-14,32H2,1H3,(H,36,47)(H,37,51)(H,38,49)(H,39,50)(H,40,48)(H,43,44)(H,45,46)(H,52,53)(H4,33,34,35)/t15-,18-,19-,20-,21-,22-/m0/s1. The first-order chi connectivity index (χ1) is 24.8. The molecule has 0 spiro atoms. The van der Waals surface area contributed by atoms with Crippen LogP contribution in [0.2, 0.25) is 0 Å². The molecule has 0 heterocycles. The number of nitrogens with zero attached hydrogens (tertiary/aromatic N) is 1. The summed E-state index contributed by atoms with van der Waals surface area (Å²) in [6.45, 7) is 0.324. The van der Waals surface area contributed by atoms with Gasteiger partial charge in [-0.1, -0.05) is 12.1 Å². The molecule has 0 aliphatic carbocycles. The summed E-state index contributed by atoms with van der Waals surface area (Å²) in [5.41, 5.74) is 16.6. The van der Waals surface area contributed by atoms with E-state index in [1.807, 2.05) is 0 Å². The van der Waals surface area contributed by atoms with Crippen molar-refractivity contribution in [2.75, 3.05) is 13.2 Å². The topological polar surface area (TPSA) is 388 Å². The molecule has 22 nitrogen and oxygen atoms in total. The Labute approximate surface area is 302 Å². The molecule has 1 aromatic rings. The number of carboxylic acid groups (broad SMARTS) is 3. The first-order valence-corrected chi connectivity index (χ1v) is 16.2. The number of nitrogens with one attached hydrogen (secondary N) is 5. The molecule has 5 amide bonds. The fraction of sp³-hybridized carbons (Fsp3) is 0.516. The SMILES string of the molecule is C[C@H](N)C(=O)N[C@@H](CCC(=O)O)C(=O)N[C@@H](CCC(=O)O)C(=O)N[C@@H](Cc1ccc(O)cc1)C(=O)N[C@@H](CCCN=C(N)N)C(=O)N[C@@H](CO)C(=O)O. The number of benzene rings is 1. The molecule has 1 rings (SSSR count). The summed E-state index contributed by atoms with van der Waals surface area (Å²) >= 11 is 0. The lowest BCUT2D eigenvalue weighted by Crippen LogP contribution is -2.59. The number of phenols is 1. The number of rotatable bonds is 24. The average Bonchev–Trinajstić information content (AvgIpc) is 3.08. The maximum Gasteiger partial charge on any atom is 0.328 e. The van der Waals surface area contributed by atoms with Gasteiger partial charge >= 0.3 is 17.9 Å². The van der Waals surface area contributed by atoms with E-state index in [-0.39, 0.29) is 37.5 Å². The van der Waals surface area contributed by atoms with Crippen molar-refractivity contribution in [2.24, 2.45) is 22.2 Å². The van der Waals surface area contributed by atoms with Crippen LogP contribution >= 0.6 is 0 Å². The molecule has 1 aromatic carbocycles. The molecule has 16 N–H and O–H groups in total. The zero-order valence-corrected chi connectivity index (χ0v) is 28.8. The van der Waals surface area contributed by atoms with Gasteiger partial charge in [0.2, 0.25) is 29.5 Å². The Kier molecular flexibility index (Phi) is 19.3. The van der Waals surface area contributed by atoms with Crippen LogP contribution in [0.15, 0.2) is 29.3 Å². The first kappa shape index (κ1) is 45.0. The van der Waals surface area contributed by atoms with Gasteiger partial charge in [0.05, 0.1) is 12.6 Å². The Morgan fingerprint density at radius 3 is 1.49 bits per heavy atom. The third-order valence-electron chi connectivity index (χ3n) is 7.36. The van der Waals surface area contributed by atoms with Gasteiger partial charge in [-0.15, -0.1) is 0 Å². The van der Waals surface area contributed by atoms with Gasteiger partial charge in [-0.25, -0.2) is 4.79 Å². The second kappa shape index (κ2) is 22.7. The van der Waals surface area contributed by atoms with Crippen molar-refractivity contribution in [3.63, 3.8) is 0 Å². The fourth-order valence-electron chi connectivity index (χ4n) is 4.50. The molecule has 0 saturated heterocycles. The van der Waals surface area contributed by atoms with Gasteiger partial charge < -0.3 is 69.3 Å². The van der Waals surface area contributed by atoms with E-state index in [2.05, 4.69) is 31.6 Å². The van der Waals surface area contributed by atoms with Gasteiger partial charge in [0.25, 0.3) is 0 Å². The minimum Gasteiger partial charge on any atom is -0.508 e. The van der Waals surface area contributed by atoms with Crippen LogP contribution in [0.1, 0.15) is 51.0 Å². The highest BCUT2D eigenvalue weighted by Crippen LogP contribution is 2.13. The van der Waals surface area contributed by atoms with Gasteiger partial charge in [0, 0.05) is 25.8 Å². The lowest BCUT2D eigenvalue weighted by Gasteiger charge is -2.27. The molecule has 0 radical (unpaired) electrons. The number of hydrogen-bond donors (Lipinski definition) is 13. The number of nitrogens with two attached hydrogens (primary N) is 3. The van der Waals surface area contributed by atoms with E-state index in [9.17, 15) is 58.8 Å². The van der Waals surface area contributed by atoms with Crippen LogP contribution in [-0.4, -0.2) is 128 Å². The van der Waals surface area contributed by atoms with Crippen LogP contribution in [-0.2, 0) is 44.8 Å². The van der Waals surface area contributed by atoms with Gasteiger partial charge in [-0.2, -0.15) is 0 Å². The summed E-state index contributed by atoms with van der Waals surface area (Å²) in [6, 6.07) is -3.61. The Hall–Kier alpha value is -6.03. The average molecular weight is 754 g/mol. The molecule has 294 valence electrons. The molecule has 0 aliphatic rings. The number of amides is 5. The van der Waals surface area contributed by atoms with Crippen LogP contribution in [0.25, 0.3) is 0 Å². The molecule has 0 bridgehead atoms. The van der Waals surface area contributed by atoms with Crippen LogP contribution in [0.3, 0.4) is 0 Å². The number of guanidine groups is 1. The Balaban J connectivity index is 3.47. The van der Waals surface area contributed by atoms with E-state index in [1.165, 1.54) is 31.2 Å². The maximum atomic E-state index is 13.8. The minimum absolute atomic E-state index is 0.00107. The number of aliphatic hydroxyl groups is 1. The van der Waals surface area contributed by atoms with Gasteiger partial charge in [-0.3, -0.25) is 38.6 Å². The second-order valence-corrected chi connectivity index (χ2v) is 11.8. The summed E-state index contributed by atoms with van der Waals surface area (Å²) in [7, 11) is 0. The van der Waals surface area contributed by atoms with E-state index < -0.39 is 116 Å². The number of carbonyl (C=O) groups excluding carboxylic acids is 5. The second-order valence-electron chi connectivity index (χ2n) is 11.8. The molecule has 0 saturated carbocycles. The molecule has 0 aromatic heterocycles.